The third-order valence-electron chi connectivity index (χ3n) is 4.37. The minimum Gasteiger partial charge on any atom is -0.496 e. The van der Waals surface area contributed by atoms with Gasteiger partial charge in [-0.15, -0.1) is 0 Å². The number of nitrogens with one attached hydrogen (secondary N) is 1. The van der Waals surface area contributed by atoms with E-state index in [-0.39, 0.29) is 10.8 Å². The van der Waals surface area contributed by atoms with Gasteiger partial charge in [0.1, 0.15) is 5.75 Å². The van der Waals surface area contributed by atoms with Gasteiger partial charge in [-0.3, -0.25) is 4.79 Å². The fourth-order valence-corrected chi connectivity index (χ4v) is 3.89. The summed E-state index contributed by atoms with van der Waals surface area (Å²) >= 11 is 0. The zero-order chi connectivity index (χ0) is 17.7. The Morgan fingerprint density at radius 2 is 1.96 bits per heavy atom. The topological polar surface area (TPSA) is 75.7 Å². The molecular weight excluding hydrogens is 328 g/mol. The third-order valence-corrected chi connectivity index (χ3v) is 6.18. The normalized spacial score (nSPS) is 15.7. The van der Waals surface area contributed by atoms with E-state index in [1.165, 1.54) is 44.4 Å². The standard InChI is InChI=1S/C17H26N2O4S/c1-19(2)24(21,22)15-9-10-16(23-3)13(12-15)8-11-17(20)18-14-6-4-5-7-14/h9-10,12,14H,4-8,11H2,1-3H3,(H,18,20). The number of ether oxygens (including phenoxy) is 1. The van der Waals surface area contributed by atoms with Crippen LogP contribution in [0, 0.1) is 0 Å². The number of aryl methyl sites for hydroxylation is 1. The average molecular weight is 354 g/mol. The Labute approximate surface area is 144 Å². The lowest BCUT2D eigenvalue weighted by Gasteiger charge is -2.15. The first kappa shape index (κ1) is 18.7. The van der Waals surface area contributed by atoms with Gasteiger partial charge in [0.2, 0.25) is 15.9 Å². The van der Waals surface area contributed by atoms with E-state index in [0.29, 0.717) is 24.6 Å². The molecule has 0 atom stereocenters. The minimum absolute atomic E-state index is 0.00447. The van der Waals surface area contributed by atoms with E-state index in [2.05, 4.69) is 5.32 Å². The quantitative estimate of drug-likeness (QED) is 0.812. The number of rotatable bonds is 7. The van der Waals surface area contributed by atoms with Crippen LogP contribution in [0.1, 0.15) is 37.7 Å². The summed E-state index contributed by atoms with van der Waals surface area (Å²) in [6, 6.07) is 5.05. The van der Waals surface area contributed by atoms with Crippen LogP contribution in [0.2, 0.25) is 0 Å². The number of methoxy groups -OCH3 is 1. The monoisotopic (exact) mass is 354 g/mol. The van der Waals surface area contributed by atoms with Crippen LogP contribution < -0.4 is 10.1 Å². The fourth-order valence-electron chi connectivity index (χ4n) is 2.94. The highest BCUT2D eigenvalue weighted by Crippen LogP contribution is 2.25. The largest absolute Gasteiger partial charge is 0.496 e. The first-order valence-corrected chi connectivity index (χ1v) is 9.67. The number of carbonyl (C=O) groups excluding carboxylic acids is 1. The van der Waals surface area contributed by atoms with Gasteiger partial charge < -0.3 is 10.1 Å². The second kappa shape index (κ2) is 7.98. The molecule has 6 nitrogen and oxygen atoms in total. The molecule has 24 heavy (non-hydrogen) atoms. The molecule has 0 spiro atoms. The number of carbonyl (C=O) groups is 1. The van der Waals surface area contributed by atoms with E-state index in [0.717, 1.165) is 18.4 Å². The molecular formula is C17H26N2O4S. The highest BCUT2D eigenvalue weighted by molar-refractivity contribution is 7.89. The van der Waals surface area contributed by atoms with Gasteiger partial charge in [0.05, 0.1) is 12.0 Å². The molecule has 1 N–H and O–H groups in total. The summed E-state index contributed by atoms with van der Waals surface area (Å²) in [5.41, 5.74) is 0.724. The molecule has 1 fully saturated rings. The van der Waals surface area contributed by atoms with Gasteiger partial charge in [-0.25, -0.2) is 12.7 Å². The summed E-state index contributed by atoms with van der Waals surface area (Å²) in [5.74, 6) is 0.603. The van der Waals surface area contributed by atoms with E-state index >= 15 is 0 Å². The maximum atomic E-state index is 12.3. The molecule has 1 amide bonds. The van der Waals surface area contributed by atoms with Crippen molar-refractivity contribution in [3.63, 3.8) is 0 Å². The molecule has 1 aromatic carbocycles. The lowest BCUT2D eigenvalue weighted by molar-refractivity contribution is -0.121. The number of nitrogens with zero attached hydrogens (tertiary/aromatic N) is 1. The van der Waals surface area contributed by atoms with Gasteiger partial charge in [0.15, 0.2) is 0 Å². The predicted octanol–water partition coefficient (Wildman–Crippen LogP) is 1.94. The molecule has 0 bridgehead atoms. The molecule has 1 aliphatic carbocycles. The van der Waals surface area contributed by atoms with Gasteiger partial charge in [0.25, 0.3) is 0 Å². The Bertz CT molecular complexity index is 680. The van der Waals surface area contributed by atoms with E-state index in [4.69, 9.17) is 4.74 Å². The molecule has 0 saturated heterocycles. The van der Waals surface area contributed by atoms with Gasteiger partial charge in [0, 0.05) is 26.6 Å². The fraction of sp³-hybridized carbons (Fsp3) is 0.588. The van der Waals surface area contributed by atoms with Crippen molar-refractivity contribution in [2.75, 3.05) is 21.2 Å². The zero-order valence-electron chi connectivity index (χ0n) is 14.5. The summed E-state index contributed by atoms with van der Waals surface area (Å²) in [7, 11) is 1.02. The van der Waals surface area contributed by atoms with Crippen LogP contribution in [0.15, 0.2) is 23.1 Å². The van der Waals surface area contributed by atoms with Crippen molar-refractivity contribution in [1.82, 2.24) is 9.62 Å². The summed E-state index contributed by atoms with van der Waals surface area (Å²) in [6.45, 7) is 0. The van der Waals surface area contributed by atoms with Crippen molar-refractivity contribution in [1.29, 1.82) is 0 Å². The number of benzene rings is 1. The van der Waals surface area contributed by atoms with Crippen LogP contribution in [0.3, 0.4) is 0 Å². The van der Waals surface area contributed by atoms with Crippen LogP contribution in [-0.2, 0) is 21.2 Å². The van der Waals surface area contributed by atoms with Crippen molar-refractivity contribution in [3.05, 3.63) is 23.8 Å². The highest BCUT2D eigenvalue weighted by Gasteiger charge is 2.20. The van der Waals surface area contributed by atoms with E-state index in [1.807, 2.05) is 0 Å². The van der Waals surface area contributed by atoms with Crippen LogP contribution in [0.5, 0.6) is 5.75 Å². The molecule has 7 heteroatoms. The van der Waals surface area contributed by atoms with Crippen LogP contribution in [0.4, 0.5) is 0 Å². The molecule has 0 radical (unpaired) electrons. The van der Waals surface area contributed by atoms with E-state index in [1.54, 1.807) is 12.1 Å². The Morgan fingerprint density at radius 3 is 2.54 bits per heavy atom. The first-order valence-electron chi connectivity index (χ1n) is 8.23. The number of amides is 1. The number of hydrogen-bond donors (Lipinski definition) is 1. The smallest absolute Gasteiger partial charge is 0.242 e. The van der Waals surface area contributed by atoms with Crippen molar-refractivity contribution in [2.24, 2.45) is 0 Å². The van der Waals surface area contributed by atoms with E-state index in [9.17, 15) is 13.2 Å². The molecule has 134 valence electrons. The molecule has 1 aromatic rings. The Balaban J connectivity index is 2.08. The predicted molar refractivity (Wildman–Crippen MR) is 92.6 cm³/mol. The minimum atomic E-state index is -3.50. The van der Waals surface area contributed by atoms with Crippen LogP contribution >= 0.6 is 0 Å². The van der Waals surface area contributed by atoms with Crippen molar-refractivity contribution < 1.29 is 17.9 Å². The summed E-state index contributed by atoms with van der Waals surface area (Å²) in [5, 5.41) is 3.04. The molecule has 0 heterocycles. The maximum Gasteiger partial charge on any atom is 0.242 e. The maximum absolute atomic E-state index is 12.3. The second-order valence-corrected chi connectivity index (χ2v) is 8.46. The SMILES string of the molecule is COc1ccc(S(=O)(=O)N(C)C)cc1CCC(=O)NC1CCCC1. The Morgan fingerprint density at radius 1 is 1.29 bits per heavy atom. The lowest BCUT2D eigenvalue weighted by atomic mass is 10.1. The number of hydrogen-bond acceptors (Lipinski definition) is 4. The molecule has 0 aliphatic heterocycles. The highest BCUT2D eigenvalue weighted by atomic mass is 32.2. The van der Waals surface area contributed by atoms with Gasteiger partial charge >= 0.3 is 0 Å². The number of sulfonamides is 1. The summed E-state index contributed by atoms with van der Waals surface area (Å²) < 4.78 is 31.0. The Kier molecular flexibility index (Phi) is 6.23. The van der Waals surface area contributed by atoms with Crippen molar-refractivity contribution in [3.8, 4) is 5.75 Å². The molecule has 1 saturated carbocycles. The first-order chi connectivity index (χ1) is 11.3. The van der Waals surface area contributed by atoms with E-state index < -0.39 is 10.0 Å². The van der Waals surface area contributed by atoms with Gasteiger partial charge in [-0.2, -0.15) is 0 Å². The average Bonchev–Trinajstić information content (AvgIpc) is 3.05. The third kappa shape index (κ3) is 4.48. The second-order valence-electron chi connectivity index (χ2n) is 6.31. The summed E-state index contributed by atoms with van der Waals surface area (Å²) in [6.07, 6.45) is 5.19. The van der Waals surface area contributed by atoms with Gasteiger partial charge in [-0.1, -0.05) is 12.8 Å². The van der Waals surface area contributed by atoms with Crippen LogP contribution in [-0.4, -0.2) is 45.9 Å². The molecule has 2 rings (SSSR count). The van der Waals surface area contributed by atoms with Crippen molar-refractivity contribution >= 4 is 15.9 Å². The molecule has 0 unspecified atom stereocenters. The zero-order valence-corrected chi connectivity index (χ0v) is 15.4. The molecule has 1 aliphatic rings. The molecule has 0 aromatic heterocycles. The lowest BCUT2D eigenvalue weighted by Crippen LogP contribution is -2.32. The Hall–Kier alpha value is -1.60. The van der Waals surface area contributed by atoms with Crippen molar-refractivity contribution in [2.45, 2.75) is 49.5 Å². The summed E-state index contributed by atoms with van der Waals surface area (Å²) in [4.78, 5) is 12.3. The van der Waals surface area contributed by atoms with Crippen LogP contribution in [0.25, 0.3) is 0 Å². The van der Waals surface area contributed by atoms with Gasteiger partial charge in [-0.05, 0) is 43.0 Å².